The van der Waals surface area contributed by atoms with Gasteiger partial charge in [-0.3, -0.25) is 10.1 Å². The van der Waals surface area contributed by atoms with E-state index in [0.717, 1.165) is 0 Å². The van der Waals surface area contributed by atoms with Crippen LogP contribution in [0.4, 0.5) is 11.5 Å². The lowest BCUT2D eigenvalue weighted by Crippen LogP contribution is -2.00. The molecule has 0 saturated carbocycles. The number of nitriles is 1. The monoisotopic (exact) mass is 384 g/mol. The van der Waals surface area contributed by atoms with Gasteiger partial charge in [-0.05, 0) is 42.0 Å². The molecule has 0 aliphatic carbocycles. The van der Waals surface area contributed by atoms with Gasteiger partial charge in [0.05, 0.1) is 15.6 Å². The number of nitro groups is 1. The minimum Gasteiger partial charge on any atom is -0.383 e. The van der Waals surface area contributed by atoms with Crippen molar-refractivity contribution in [3.05, 3.63) is 74.3 Å². The van der Waals surface area contributed by atoms with Crippen LogP contribution in [0, 0.1) is 21.4 Å². The molecule has 0 radical (unpaired) electrons. The van der Waals surface area contributed by atoms with E-state index in [1.165, 1.54) is 12.1 Å². The fourth-order valence-electron chi connectivity index (χ4n) is 2.51. The lowest BCUT2D eigenvalue weighted by Gasteiger charge is -2.11. The van der Waals surface area contributed by atoms with Gasteiger partial charge >= 0.3 is 0 Å². The molecule has 1 aromatic heterocycles. The van der Waals surface area contributed by atoms with E-state index in [1.807, 2.05) is 6.07 Å². The molecule has 6 nitrogen and oxygen atoms in total. The Bertz CT molecular complexity index is 1060. The number of non-ortho nitro benzene ring substituents is 1. The minimum absolute atomic E-state index is 0.0457. The third-order valence-electron chi connectivity index (χ3n) is 3.76. The number of rotatable bonds is 3. The van der Waals surface area contributed by atoms with Crippen LogP contribution in [0.1, 0.15) is 5.56 Å². The molecule has 0 fully saturated rings. The van der Waals surface area contributed by atoms with Crippen LogP contribution in [0.25, 0.3) is 22.4 Å². The summed E-state index contributed by atoms with van der Waals surface area (Å²) in [6.45, 7) is 0. The molecule has 0 unspecified atom stereocenters. The van der Waals surface area contributed by atoms with Crippen molar-refractivity contribution >= 4 is 34.7 Å². The molecule has 128 valence electrons. The molecule has 3 aromatic rings. The predicted octanol–water partition coefficient (Wildman–Crippen LogP) is 5.08. The zero-order valence-electron chi connectivity index (χ0n) is 13.1. The third-order valence-corrected chi connectivity index (χ3v) is 4.30. The maximum absolute atomic E-state index is 10.8. The molecule has 0 aliphatic heterocycles. The number of anilines is 1. The average molecular weight is 385 g/mol. The van der Waals surface area contributed by atoms with Crippen LogP contribution in [0.2, 0.25) is 10.0 Å². The molecule has 1 heterocycles. The van der Waals surface area contributed by atoms with Crippen LogP contribution >= 0.6 is 23.2 Å². The van der Waals surface area contributed by atoms with Crippen molar-refractivity contribution in [3.8, 4) is 28.5 Å². The van der Waals surface area contributed by atoms with Gasteiger partial charge < -0.3 is 5.73 Å². The van der Waals surface area contributed by atoms with Gasteiger partial charge in [-0.25, -0.2) is 4.98 Å². The Kier molecular flexibility index (Phi) is 4.76. The van der Waals surface area contributed by atoms with Crippen LogP contribution in [0.5, 0.6) is 0 Å². The molecule has 26 heavy (non-hydrogen) atoms. The summed E-state index contributed by atoms with van der Waals surface area (Å²) in [6, 6.07) is 14.5. The number of halogens is 2. The van der Waals surface area contributed by atoms with E-state index in [0.29, 0.717) is 32.4 Å². The van der Waals surface area contributed by atoms with Gasteiger partial charge in [0.15, 0.2) is 0 Å². The molecule has 0 amide bonds. The number of nitrogen functional groups attached to an aromatic ring is 1. The second-order valence-corrected chi connectivity index (χ2v) is 6.20. The molecule has 0 saturated heterocycles. The fraction of sp³-hybridized carbons (Fsp3) is 0. The van der Waals surface area contributed by atoms with E-state index in [1.54, 1.807) is 36.4 Å². The third kappa shape index (κ3) is 3.31. The molecular weight excluding hydrogens is 375 g/mol. The second kappa shape index (κ2) is 7.00. The van der Waals surface area contributed by atoms with Gasteiger partial charge in [-0.15, -0.1) is 0 Å². The topological polar surface area (TPSA) is 106 Å². The van der Waals surface area contributed by atoms with E-state index in [9.17, 15) is 15.4 Å². The van der Waals surface area contributed by atoms with Crippen molar-refractivity contribution in [1.82, 2.24) is 4.98 Å². The normalized spacial score (nSPS) is 10.3. The SMILES string of the molecule is N#Cc1c(-c2ccc([N+](=O)[O-])cc2)cc(-c2ccc(Cl)cc2Cl)nc1N. The molecule has 0 aliphatic rings. The number of nitrogens with zero attached hydrogens (tertiary/aromatic N) is 3. The molecular formula is C18H10Cl2N4O2. The molecule has 0 spiro atoms. The van der Waals surface area contributed by atoms with E-state index in [-0.39, 0.29) is 17.1 Å². The average Bonchev–Trinajstić information content (AvgIpc) is 2.61. The summed E-state index contributed by atoms with van der Waals surface area (Å²) < 4.78 is 0. The predicted molar refractivity (Wildman–Crippen MR) is 101 cm³/mol. The summed E-state index contributed by atoms with van der Waals surface area (Å²) in [5.74, 6) is 0.0457. The largest absolute Gasteiger partial charge is 0.383 e. The number of aromatic nitrogens is 1. The Hall–Kier alpha value is -3.14. The summed E-state index contributed by atoms with van der Waals surface area (Å²) in [5, 5.41) is 21.1. The van der Waals surface area contributed by atoms with Crippen molar-refractivity contribution in [1.29, 1.82) is 5.26 Å². The van der Waals surface area contributed by atoms with E-state index in [4.69, 9.17) is 28.9 Å². The summed E-state index contributed by atoms with van der Waals surface area (Å²) >= 11 is 12.2. The minimum atomic E-state index is -0.491. The van der Waals surface area contributed by atoms with Crippen LogP contribution in [-0.2, 0) is 0 Å². The highest BCUT2D eigenvalue weighted by molar-refractivity contribution is 6.36. The zero-order valence-corrected chi connectivity index (χ0v) is 14.6. The number of hydrogen-bond acceptors (Lipinski definition) is 5. The molecule has 3 rings (SSSR count). The highest BCUT2D eigenvalue weighted by atomic mass is 35.5. The molecule has 8 heteroatoms. The van der Waals surface area contributed by atoms with E-state index in [2.05, 4.69) is 4.98 Å². The van der Waals surface area contributed by atoms with Crippen molar-refractivity contribution in [2.24, 2.45) is 0 Å². The Morgan fingerprint density at radius 1 is 1.08 bits per heavy atom. The van der Waals surface area contributed by atoms with Gasteiger partial charge in [-0.2, -0.15) is 5.26 Å². The van der Waals surface area contributed by atoms with Gasteiger partial charge in [0, 0.05) is 28.3 Å². The maximum atomic E-state index is 10.8. The van der Waals surface area contributed by atoms with E-state index >= 15 is 0 Å². The van der Waals surface area contributed by atoms with E-state index < -0.39 is 4.92 Å². The summed E-state index contributed by atoms with van der Waals surface area (Å²) in [4.78, 5) is 14.6. The first-order chi connectivity index (χ1) is 12.4. The summed E-state index contributed by atoms with van der Waals surface area (Å²) in [7, 11) is 0. The fourth-order valence-corrected chi connectivity index (χ4v) is 3.01. The summed E-state index contributed by atoms with van der Waals surface area (Å²) in [6.07, 6.45) is 0. The highest BCUT2D eigenvalue weighted by Gasteiger charge is 2.16. The van der Waals surface area contributed by atoms with Gasteiger partial charge in [-0.1, -0.05) is 23.2 Å². The lowest BCUT2D eigenvalue weighted by atomic mass is 9.98. The van der Waals surface area contributed by atoms with Crippen molar-refractivity contribution < 1.29 is 4.92 Å². The van der Waals surface area contributed by atoms with Gasteiger partial charge in [0.2, 0.25) is 0 Å². The van der Waals surface area contributed by atoms with Crippen molar-refractivity contribution in [2.45, 2.75) is 0 Å². The standard InChI is InChI=1S/C18H10Cl2N4O2/c19-11-3-6-13(16(20)7-11)17-8-14(15(9-21)18(22)23-17)10-1-4-12(5-2-10)24(25)26/h1-8H,(H2,22,23). The maximum Gasteiger partial charge on any atom is 0.269 e. The van der Waals surface area contributed by atoms with Crippen LogP contribution in [0.3, 0.4) is 0 Å². The van der Waals surface area contributed by atoms with Gasteiger partial charge in [0.25, 0.3) is 5.69 Å². The quantitative estimate of drug-likeness (QED) is 0.500. The summed E-state index contributed by atoms with van der Waals surface area (Å²) in [5.41, 5.74) is 8.29. The second-order valence-electron chi connectivity index (χ2n) is 5.36. The van der Waals surface area contributed by atoms with Crippen molar-refractivity contribution in [3.63, 3.8) is 0 Å². The van der Waals surface area contributed by atoms with Gasteiger partial charge in [0.1, 0.15) is 17.5 Å². The lowest BCUT2D eigenvalue weighted by molar-refractivity contribution is -0.384. The smallest absolute Gasteiger partial charge is 0.269 e. The van der Waals surface area contributed by atoms with Crippen LogP contribution in [0.15, 0.2) is 48.5 Å². The first-order valence-corrected chi connectivity index (χ1v) is 8.07. The number of hydrogen-bond donors (Lipinski definition) is 1. The first-order valence-electron chi connectivity index (χ1n) is 7.31. The first kappa shape index (κ1) is 17.7. The molecule has 0 atom stereocenters. The zero-order chi connectivity index (χ0) is 18.8. The molecule has 2 aromatic carbocycles. The Morgan fingerprint density at radius 2 is 1.77 bits per heavy atom. The molecule has 0 bridgehead atoms. The highest BCUT2D eigenvalue weighted by Crippen LogP contribution is 2.35. The number of nitrogens with two attached hydrogens (primary N) is 1. The van der Waals surface area contributed by atoms with Crippen LogP contribution in [-0.4, -0.2) is 9.91 Å². The Labute approximate surface area is 158 Å². The van der Waals surface area contributed by atoms with Crippen LogP contribution < -0.4 is 5.73 Å². The number of benzene rings is 2. The number of nitro benzene ring substituents is 1. The Balaban J connectivity index is 2.20. The van der Waals surface area contributed by atoms with Crippen molar-refractivity contribution in [2.75, 3.05) is 5.73 Å². The number of pyridine rings is 1. The molecule has 2 N–H and O–H groups in total. The Morgan fingerprint density at radius 3 is 2.35 bits per heavy atom.